The lowest BCUT2D eigenvalue weighted by Crippen LogP contribution is -2.46. The highest BCUT2D eigenvalue weighted by molar-refractivity contribution is 8.22. The van der Waals surface area contributed by atoms with Crippen LogP contribution >= 0.6 is 35.7 Å². The van der Waals surface area contributed by atoms with Crippen LogP contribution in [0.1, 0.15) is 18.4 Å². The average molecular weight is 355 g/mol. The molecule has 0 aromatic heterocycles. The van der Waals surface area contributed by atoms with Gasteiger partial charge in [-0.2, -0.15) is 11.8 Å². The number of methoxy groups -OCH3 is 1. The predicted octanol–water partition coefficient (Wildman–Crippen LogP) is 3.64. The van der Waals surface area contributed by atoms with Crippen LogP contribution in [-0.4, -0.2) is 51.3 Å². The normalized spacial score (nSPS) is 23.0. The summed E-state index contributed by atoms with van der Waals surface area (Å²) >= 11 is 9.44. The molecular formula is C16H22N2OS3. The minimum absolute atomic E-state index is 0.754. The third kappa shape index (κ3) is 4.10. The standard InChI is InChI=1S/C16H22N2OS3/c1-19-15-7-3-2-5-13(15)9-17-11-18(16(20)22-12-17)10-14-6-4-8-21-14/h2-3,5,7,14H,4,6,8-12H2,1H3. The van der Waals surface area contributed by atoms with E-state index in [0.717, 1.165) is 41.0 Å². The number of hydrogen-bond donors (Lipinski definition) is 0. The van der Waals surface area contributed by atoms with Crippen LogP contribution in [0.15, 0.2) is 24.3 Å². The molecule has 6 heteroatoms. The largest absolute Gasteiger partial charge is 0.496 e. The Balaban J connectivity index is 1.61. The van der Waals surface area contributed by atoms with E-state index in [1.54, 1.807) is 18.9 Å². The van der Waals surface area contributed by atoms with Crippen molar-refractivity contribution in [1.29, 1.82) is 0 Å². The zero-order chi connectivity index (χ0) is 15.4. The smallest absolute Gasteiger partial charge is 0.138 e. The van der Waals surface area contributed by atoms with Crippen molar-refractivity contribution in [1.82, 2.24) is 9.80 Å². The molecule has 0 N–H and O–H groups in total. The highest BCUT2D eigenvalue weighted by Gasteiger charge is 2.26. The van der Waals surface area contributed by atoms with Crippen molar-refractivity contribution in [2.45, 2.75) is 24.6 Å². The minimum atomic E-state index is 0.754. The second kappa shape index (κ2) is 7.90. The van der Waals surface area contributed by atoms with Crippen LogP contribution in [-0.2, 0) is 6.54 Å². The summed E-state index contributed by atoms with van der Waals surface area (Å²) in [5.74, 6) is 3.24. The Morgan fingerprint density at radius 1 is 1.36 bits per heavy atom. The van der Waals surface area contributed by atoms with E-state index in [2.05, 4.69) is 33.7 Å². The molecule has 3 rings (SSSR count). The number of rotatable bonds is 5. The average Bonchev–Trinajstić information content (AvgIpc) is 3.04. The number of thiocarbonyl (C=S) groups is 1. The van der Waals surface area contributed by atoms with Gasteiger partial charge in [-0.05, 0) is 24.7 Å². The van der Waals surface area contributed by atoms with Crippen molar-refractivity contribution in [3.63, 3.8) is 0 Å². The molecule has 1 aromatic rings. The zero-order valence-corrected chi connectivity index (χ0v) is 15.3. The Morgan fingerprint density at radius 2 is 2.23 bits per heavy atom. The first kappa shape index (κ1) is 16.4. The summed E-state index contributed by atoms with van der Waals surface area (Å²) in [6, 6.07) is 8.27. The fraction of sp³-hybridized carbons (Fsp3) is 0.562. The van der Waals surface area contributed by atoms with Gasteiger partial charge >= 0.3 is 0 Å². The number of benzene rings is 1. The van der Waals surface area contributed by atoms with Crippen molar-refractivity contribution in [3.05, 3.63) is 29.8 Å². The molecule has 22 heavy (non-hydrogen) atoms. The molecule has 2 saturated heterocycles. The highest BCUT2D eigenvalue weighted by Crippen LogP contribution is 2.30. The SMILES string of the molecule is COc1ccccc1CN1CSC(=S)N(CC2CCCS2)C1. The first-order chi connectivity index (χ1) is 10.8. The Bertz CT molecular complexity index is 520. The van der Waals surface area contributed by atoms with E-state index >= 15 is 0 Å². The monoisotopic (exact) mass is 354 g/mol. The lowest BCUT2D eigenvalue weighted by molar-refractivity contribution is 0.203. The van der Waals surface area contributed by atoms with Gasteiger partial charge in [-0.3, -0.25) is 4.90 Å². The van der Waals surface area contributed by atoms with Crippen molar-refractivity contribution in [2.24, 2.45) is 0 Å². The minimum Gasteiger partial charge on any atom is -0.496 e. The van der Waals surface area contributed by atoms with E-state index in [0.29, 0.717) is 0 Å². The van der Waals surface area contributed by atoms with Gasteiger partial charge in [0.05, 0.1) is 19.7 Å². The van der Waals surface area contributed by atoms with Crippen LogP contribution in [0.5, 0.6) is 5.75 Å². The molecule has 0 radical (unpaired) electrons. The van der Waals surface area contributed by atoms with E-state index in [4.69, 9.17) is 17.0 Å². The van der Waals surface area contributed by atoms with Crippen molar-refractivity contribution in [3.8, 4) is 5.75 Å². The fourth-order valence-corrected chi connectivity index (χ4v) is 5.27. The third-order valence-electron chi connectivity index (χ3n) is 4.03. The van der Waals surface area contributed by atoms with Gasteiger partial charge in [0.1, 0.15) is 10.1 Å². The molecule has 2 aliphatic rings. The molecule has 2 heterocycles. The second-order valence-electron chi connectivity index (χ2n) is 5.68. The van der Waals surface area contributed by atoms with Crippen LogP contribution in [0.3, 0.4) is 0 Å². The highest BCUT2D eigenvalue weighted by atomic mass is 32.2. The van der Waals surface area contributed by atoms with Crippen LogP contribution in [0, 0.1) is 0 Å². The molecule has 0 bridgehead atoms. The molecule has 0 saturated carbocycles. The summed E-state index contributed by atoms with van der Waals surface area (Å²) in [4.78, 5) is 4.82. The van der Waals surface area contributed by atoms with Gasteiger partial charge in [0.15, 0.2) is 0 Å². The quantitative estimate of drug-likeness (QED) is 0.745. The lowest BCUT2D eigenvalue weighted by Gasteiger charge is -2.38. The summed E-state index contributed by atoms with van der Waals surface area (Å²) in [5.41, 5.74) is 1.24. The van der Waals surface area contributed by atoms with Gasteiger partial charge < -0.3 is 9.64 Å². The maximum Gasteiger partial charge on any atom is 0.138 e. The summed E-state index contributed by atoms with van der Waals surface area (Å²) < 4.78 is 6.53. The summed E-state index contributed by atoms with van der Waals surface area (Å²) in [6.07, 6.45) is 2.69. The predicted molar refractivity (Wildman–Crippen MR) is 101 cm³/mol. The second-order valence-corrected chi connectivity index (χ2v) is 8.67. The maximum atomic E-state index is 5.56. The number of nitrogens with zero attached hydrogens (tertiary/aromatic N) is 2. The van der Waals surface area contributed by atoms with Crippen LogP contribution in [0.2, 0.25) is 0 Å². The Kier molecular flexibility index (Phi) is 5.90. The van der Waals surface area contributed by atoms with Gasteiger partial charge in [0, 0.05) is 23.9 Å². The van der Waals surface area contributed by atoms with E-state index in [1.165, 1.54) is 24.2 Å². The van der Waals surface area contributed by atoms with Crippen LogP contribution in [0.25, 0.3) is 0 Å². The van der Waals surface area contributed by atoms with Gasteiger partial charge in [-0.25, -0.2) is 0 Å². The molecule has 1 aromatic carbocycles. The first-order valence-electron chi connectivity index (χ1n) is 7.64. The zero-order valence-electron chi connectivity index (χ0n) is 12.9. The maximum absolute atomic E-state index is 5.56. The molecule has 2 aliphatic heterocycles. The number of ether oxygens (including phenoxy) is 1. The Labute approximate surface area is 146 Å². The molecule has 1 unspecified atom stereocenters. The van der Waals surface area contributed by atoms with Crippen molar-refractivity contribution in [2.75, 3.05) is 32.0 Å². The molecule has 0 amide bonds. The Hall–Kier alpha value is -0.430. The van der Waals surface area contributed by atoms with Crippen molar-refractivity contribution < 1.29 is 4.74 Å². The van der Waals surface area contributed by atoms with Gasteiger partial charge in [-0.1, -0.05) is 42.2 Å². The summed E-state index contributed by atoms with van der Waals surface area (Å²) in [7, 11) is 1.74. The number of hydrogen-bond acceptors (Lipinski definition) is 5. The molecular weight excluding hydrogens is 332 g/mol. The van der Waals surface area contributed by atoms with E-state index < -0.39 is 0 Å². The van der Waals surface area contributed by atoms with Gasteiger partial charge in [0.2, 0.25) is 0 Å². The number of para-hydroxylation sites is 1. The molecule has 1 atom stereocenters. The van der Waals surface area contributed by atoms with Crippen molar-refractivity contribution >= 4 is 40.1 Å². The van der Waals surface area contributed by atoms with Gasteiger partial charge in [0.25, 0.3) is 0 Å². The number of thioether (sulfide) groups is 2. The summed E-state index contributed by atoms with van der Waals surface area (Å²) in [6.45, 7) is 2.94. The molecule has 0 spiro atoms. The van der Waals surface area contributed by atoms with E-state index in [9.17, 15) is 0 Å². The molecule has 120 valence electrons. The van der Waals surface area contributed by atoms with Gasteiger partial charge in [-0.15, -0.1) is 0 Å². The van der Waals surface area contributed by atoms with Crippen LogP contribution in [0.4, 0.5) is 0 Å². The summed E-state index contributed by atoms with van der Waals surface area (Å²) in [5, 5.41) is 0.754. The van der Waals surface area contributed by atoms with E-state index in [1.807, 2.05) is 12.1 Å². The first-order valence-corrected chi connectivity index (χ1v) is 10.1. The topological polar surface area (TPSA) is 15.7 Å². The van der Waals surface area contributed by atoms with Crippen LogP contribution < -0.4 is 4.74 Å². The molecule has 0 aliphatic carbocycles. The fourth-order valence-electron chi connectivity index (χ4n) is 2.91. The third-order valence-corrected chi connectivity index (χ3v) is 7.03. The Morgan fingerprint density at radius 3 is 3.00 bits per heavy atom. The van der Waals surface area contributed by atoms with E-state index in [-0.39, 0.29) is 0 Å². The lowest BCUT2D eigenvalue weighted by atomic mass is 10.2. The molecule has 2 fully saturated rings. The molecule has 3 nitrogen and oxygen atoms in total.